The van der Waals surface area contributed by atoms with Gasteiger partial charge in [-0.1, -0.05) is 6.42 Å². The zero-order valence-corrected chi connectivity index (χ0v) is 11.6. The van der Waals surface area contributed by atoms with Gasteiger partial charge < -0.3 is 10.6 Å². The fourth-order valence-electron chi connectivity index (χ4n) is 2.08. The summed E-state index contributed by atoms with van der Waals surface area (Å²) in [5.74, 6) is 0.695. The van der Waals surface area contributed by atoms with Gasteiger partial charge in [0, 0.05) is 30.1 Å². The van der Waals surface area contributed by atoms with Crippen LogP contribution in [0.25, 0.3) is 0 Å². The Morgan fingerprint density at radius 1 is 1.56 bits per heavy atom. The summed E-state index contributed by atoms with van der Waals surface area (Å²) >= 11 is 1.86. The molecule has 1 heterocycles. The normalized spacial score (nSPS) is 16.8. The van der Waals surface area contributed by atoms with Crippen LogP contribution in [0.4, 0.5) is 5.82 Å². The molecule has 1 saturated carbocycles. The summed E-state index contributed by atoms with van der Waals surface area (Å²) in [6.45, 7) is 0.754. The van der Waals surface area contributed by atoms with Crippen molar-refractivity contribution in [3.8, 4) is 0 Å². The first-order valence-corrected chi connectivity index (χ1v) is 7.39. The van der Waals surface area contributed by atoms with Crippen LogP contribution in [-0.4, -0.2) is 35.5 Å². The number of rotatable bonds is 5. The highest BCUT2D eigenvalue weighted by molar-refractivity contribution is 8.00. The van der Waals surface area contributed by atoms with Crippen LogP contribution in [0.2, 0.25) is 0 Å². The first-order valence-electron chi connectivity index (χ1n) is 6.16. The Bertz CT molecular complexity index is 426. The second-order valence-corrected chi connectivity index (χ2v) is 5.88. The molecule has 1 amide bonds. The minimum Gasteiger partial charge on any atom is -0.373 e. The molecular weight excluding hydrogens is 246 g/mol. The Balaban J connectivity index is 1.95. The molecule has 2 N–H and O–H groups in total. The maximum absolute atomic E-state index is 12.0. The quantitative estimate of drug-likeness (QED) is 0.856. The van der Waals surface area contributed by atoms with Crippen LogP contribution in [0, 0.1) is 0 Å². The molecule has 1 aliphatic carbocycles. The Kier molecular flexibility index (Phi) is 4.11. The highest BCUT2D eigenvalue weighted by atomic mass is 32.2. The summed E-state index contributed by atoms with van der Waals surface area (Å²) in [5.41, 5.74) is 0.657. The van der Waals surface area contributed by atoms with E-state index >= 15 is 0 Å². The average Bonchev–Trinajstić information content (AvgIpc) is 2.38. The summed E-state index contributed by atoms with van der Waals surface area (Å²) in [4.78, 5) is 16.1. The minimum atomic E-state index is -0.0192. The number of aromatic nitrogens is 1. The van der Waals surface area contributed by atoms with Gasteiger partial charge in [-0.05, 0) is 31.2 Å². The van der Waals surface area contributed by atoms with Crippen LogP contribution in [-0.2, 0) is 0 Å². The molecule has 0 aliphatic heterocycles. The van der Waals surface area contributed by atoms with Crippen molar-refractivity contribution in [2.75, 3.05) is 25.2 Å². The molecule has 0 spiro atoms. The molecule has 2 rings (SSSR count). The van der Waals surface area contributed by atoms with Crippen LogP contribution in [0.5, 0.6) is 0 Å². The summed E-state index contributed by atoms with van der Waals surface area (Å²) in [6.07, 6.45) is 7.44. The summed E-state index contributed by atoms with van der Waals surface area (Å²) in [7, 11) is 1.79. The molecule has 0 bridgehead atoms. The number of hydrogen-bond donors (Lipinski definition) is 2. The van der Waals surface area contributed by atoms with Gasteiger partial charge in [-0.3, -0.25) is 4.79 Å². The van der Waals surface area contributed by atoms with Gasteiger partial charge in [0.05, 0.1) is 0 Å². The van der Waals surface area contributed by atoms with Crippen LogP contribution in [0.15, 0.2) is 18.3 Å². The Labute approximate surface area is 112 Å². The molecule has 4 nitrogen and oxygen atoms in total. The van der Waals surface area contributed by atoms with E-state index in [4.69, 9.17) is 0 Å². The molecule has 1 fully saturated rings. The fraction of sp³-hybridized carbons (Fsp3) is 0.538. The number of carbonyl (C=O) groups is 1. The van der Waals surface area contributed by atoms with Gasteiger partial charge in [0.25, 0.3) is 5.91 Å². The topological polar surface area (TPSA) is 54.0 Å². The van der Waals surface area contributed by atoms with Gasteiger partial charge in [-0.25, -0.2) is 4.98 Å². The molecule has 0 saturated heterocycles. The van der Waals surface area contributed by atoms with E-state index in [0.717, 1.165) is 6.54 Å². The van der Waals surface area contributed by atoms with Crippen LogP contribution >= 0.6 is 11.8 Å². The van der Waals surface area contributed by atoms with Gasteiger partial charge in [-0.15, -0.1) is 0 Å². The average molecular weight is 265 g/mol. The molecule has 0 atom stereocenters. The molecule has 5 heteroatoms. The second kappa shape index (κ2) is 5.61. The summed E-state index contributed by atoms with van der Waals surface area (Å²) in [6, 6.07) is 3.50. The van der Waals surface area contributed by atoms with Crippen LogP contribution in [0.1, 0.15) is 29.6 Å². The zero-order chi connectivity index (χ0) is 13.0. The third kappa shape index (κ3) is 2.77. The van der Waals surface area contributed by atoms with E-state index in [0.29, 0.717) is 11.4 Å². The lowest BCUT2D eigenvalue weighted by Gasteiger charge is -2.40. The van der Waals surface area contributed by atoms with E-state index < -0.39 is 0 Å². The highest BCUT2D eigenvalue weighted by Gasteiger charge is 2.36. The third-order valence-electron chi connectivity index (χ3n) is 3.55. The Morgan fingerprint density at radius 3 is 2.89 bits per heavy atom. The van der Waals surface area contributed by atoms with Crippen molar-refractivity contribution in [3.05, 3.63) is 23.9 Å². The van der Waals surface area contributed by atoms with Crippen LogP contribution < -0.4 is 10.6 Å². The van der Waals surface area contributed by atoms with Crippen molar-refractivity contribution < 1.29 is 4.79 Å². The van der Waals surface area contributed by atoms with Crippen molar-refractivity contribution in [1.29, 1.82) is 0 Å². The predicted octanol–water partition coefficient (Wildman–Crippen LogP) is 2.14. The zero-order valence-electron chi connectivity index (χ0n) is 10.8. The number of thioether (sulfide) groups is 1. The number of carbonyl (C=O) groups excluding carboxylic acids is 1. The van der Waals surface area contributed by atoms with Gasteiger partial charge in [-0.2, -0.15) is 11.8 Å². The predicted molar refractivity (Wildman–Crippen MR) is 76.2 cm³/mol. The molecule has 18 heavy (non-hydrogen) atoms. The molecule has 1 aliphatic rings. The van der Waals surface area contributed by atoms with Crippen molar-refractivity contribution in [3.63, 3.8) is 0 Å². The lowest BCUT2D eigenvalue weighted by atomic mass is 9.84. The lowest BCUT2D eigenvalue weighted by Crippen LogP contribution is -2.45. The third-order valence-corrected chi connectivity index (χ3v) is 4.97. The molecule has 0 aromatic carbocycles. The Hall–Kier alpha value is -1.23. The molecule has 1 aromatic rings. The maximum atomic E-state index is 12.0. The first kappa shape index (κ1) is 13.2. The molecular formula is C13H19N3OS. The SMILES string of the molecule is CNc1cc(C(=O)NCC2(SC)CCC2)ccn1. The molecule has 0 unspecified atom stereocenters. The van der Waals surface area contributed by atoms with Crippen LogP contribution in [0.3, 0.4) is 0 Å². The fourth-order valence-corrected chi connectivity index (χ4v) is 2.99. The van der Waals surface area contributed by atoms with E-state index in [9.17, 15) is 4.79 Å². The molecule has 1 aromatic heterocycles. The lowest BCUT2D eigenvalue weighted by molar-refractivity contribution is 0.0944. The van der Waals surface area contributed by atoms with Gasteiger partial charge >= 0.3 is 0 Å². The minimum absolute atomic E-state index is 0.0192. The highest BCUT2D eigenvalue weighted by Crippen LogP contribution is 2.42. The van der Waals surface area contributed by atoms with Gasteiger partial charge in [0.2, 0.25) is 0 Å². The number of amides is 1. The first-order chi connectivity index (χ1) is 8.69. The maximum Gasteiger partial charge on any atom is 0.251 e. The summed E-state index contributed by atoms with van der Waals surface area (Å²) < 4.78 is 0.272. The van der Waals surface area contributed by atoms with Crippen molar-refractivity contribution in [2.45, 2.75) is 24.0 Å². The van der Waals surface area contributed by atoms with Crippen molar-refractivity contribution in [1.82, 2.24) is 10.3 Å². The van der Waals surface area contributed by atoms with E-state index in [-0.39, 0.29) is 10.7 Å². The van der Waals surface area contributed by atoms with E-state index in [1.807, 2.05) is 11.8 Å². The molecule has 98 valence electrons. The Morgan fingerprint density at radius 2 is 2.33 bits per heavy atom. The molecule has 0 radical (unpaired) electrons. The number of nitrogens with one attached hydrogen (secondary N) is 2. The standard InChI is InChI=1S/C13H19N3OS/c1-14-11-8-10(4-7-15-11)12(17)16-9-13(18-2)5-3-6-13/h4,7-8H,3,5-6,9H2,1-2H3,(H,14,15)(H,16,17). The van der Waals surface area contributed by atoms with Crippen molar-refractivity contribution >= 4 is 23.5 Å². The van der Waals surface area contributed by atoms with Gasteiger partial charge in [0.15, 0.2) is 0 Å². The number of hydrogen-bond acceptors (Lipinski definition) is 4. The number of anilines is 1. The largest absolute Gasteiger partial charge is 0.373 e. The monoisotopic (exact) mass is 265 g/mol. The number of nitrogens with zero attached hydrogens (tertiary/aromatic N) is 1. The van der Waals surface area contributed by atoms with Crippen molar-refractivity contribution in [2.24, 2.45) is 0 Å². The number of pyridine rings is 1. The smallest absolute Gasteiger partial charge is 0.251 e. The van der Waals surface area contributed by atoms with E-state index in [1.165, 1.54) is 19.3 Å². The van der Waals surface area contributed by atoms with E-state index in [1.54, 1.807) is 25.4 Å². The van der Waals surface area contributed by atoms with E-state index in [2.05, 4.69) is 21.9 Å². The second-order valence-electron chi connectivity index (χ2n) is 4.60. The van der Waals surface area contributed by atoms with Gasteiger partial charge in [0.1, 0.15) is 5.82 Å². The summed E-state index contributed by atoms with van der Waals surface area (Å²) in [5, 5.41) is 5.96.